The molecule has 0 fully saturated rings. The van der Waals surface area contributed by atoms with Gasteiger partial charge in [0.2, 0.25) is 0 Å². The highest BCUT2D eigenvalue weighted by molar-refractivity contribution is 6.25. The molecule has 0 radical (unpaired) electrons. The zero-order chi connectivity index (χ0) is 68.0. The number of aromatic nitrogens is 5. The summed E-state index contributed by atoms with van der Waals surface area (Å²) in [7, 11) is 0. The molecule has 21 rings (SSSR count). The number of terminal acetylenes is 1. The average molecular weight is 1310 g/mol. The van der Waals surface area contributed by atoms with E-state index in [1.165, 1.54) is 98.7 Å². The number of hydrogen-bond donors (Lipinski definition) is 0. The summed E-state index contributed by atoms with van der Waals surface area (Å²) < 4.78 is 12.3. The summed E-state index contributed by atoms with van der Waals surface area (Å²) in [6.07, 6.45) is 15.6. The summed E-state index contributed by atoms with van der Waals surface area (Å²) >= 11 is 0. The van der Waals surface area contributed by atoms with Gasteiger partial charge in [0, 0.05) is 99.7 Å². The van der Waals surface area contributed by atoms with Crippen molar-refractivity contribution in [2.24, 2.45) is 0 Å². The lowest BCUT2D eigenvalue weighted by Crippen LogP contribution is -2.31. The summed E-state index contributed by atoms with van der Waals surface area (Å²) in [6, 6.07) is 121. The molecule has 1 aliphatic heterocycles. The zero-order valence-corrected chi connectivity index (χ0v) is 56.4. The van der Waals surface area contributed by atoms with E-state index in [-0.39, 0.29) is 12.0 Å². The lowest BCUT2D eigenvalue weighted by atomic mass is 9.84. The molecule has 0 saturated heterocycles. The average Bonchev–Trinajstić information content (AvgIpc) is 1.56. The second-order valence-corrected chi connectivity index (χ2v) is 27.4. The molecule has 0 amide bonds. The van der Waals surface area contributed by atoms with Crippen LogP contribution in [0.25, 0.3) is 161 Å². The highest BCUT2D eigenvalue weighted by atomic mass is 15.2. The molecule has 2 aliphatic rings. The quantitative estimate of drug-likeness (QED) is 0.125. The summed E-state index contributed by atoms with van der Waals surface area (Å²) in [5.74, 6) is 3.14. The third-order valence-electron chi connectivity index (χ3n) is 21.9. The first kappa shape index (κ1) is 58.4. The van der Waals surface area contributed by atoms with Crippen LogP contribution in [0.1, 0.15) is 40.9 Å². The minimum Gasteiger partial charge on any atom is -0.333 e. The van der Waals surface area contributed by atoms with Crippen molar-refractivity contribution in [3.05, 3.63) is 368 Å². The Balaban J connectivity index is 0.775. The van der Waals surface area contributed by atoms with E-state index in [1.54, 1.807) is 0 Å². The molecular formula is C97H64N6. The summed E-state index contributed by atoms with van der Waals surface area (Å²) in [6.45, 7) is 2.07. The molecule has 1 aliphatic carbocycles. The van der Waals surface area contributed by atoms with Gasteiger partial charge in [0.05, 0.1) is 56.1 Å². The van der Waals surface area contributed by atoms with E-state index < -0.39 is 0 Å². The van der Waals surface area contributed by atoms with Crippen LogP contribution in [0.3, 0.4) is 0 Å². The summed E-state index contributed by atoms with van der Waals surface area (Å²) in [5, 5.41) is 9.72. The van der Waals surface area contributed by atoms with Gasteiger partial charge in [-0.05, 0) is 167 Å². The molecule has 6 nitrogen and oxygen atoms in total. The van der Waals surface area contributed by atoms with Gasteiger partial charge in [-0.3, -0.25) is 0 Å². The second kappa shape index (κ2) is 23.0. The van der Waals surface area contributed by atoms with Gasteiger partial charge >= 0.3 is 0 Å². The number of hydrogen-bond acceptors (Lipinski definition) is 1. The Bertz CT molecular complexity index is 6540. The van der Waals surface area contributed by atoms with Gasteiger partial charge in [0.1, 0.15) is 5.69 Å². The Hall–Kier alpha value is -13.6. The molecule has 6 heterocycles. The molecule has 2 unspecified atom stereocenters. The normalized spacial score (nSPS) is 14.2. The third kappa shape index (κ3) is 8.70. The minimum absolute atomic E-state index is 0.0136. The molecule has 0 N–H and O–H groups in total. The standard InChI is InChI=1S/C97H64N6/c1-3-27-74-79-54-55-91-92(93(79)99(85(74)4-2)68-31-8-5-9-32-68)84-44-18-23-49-90(84)98(91)71-37-24-28-62(59-71)65-56-66(63-29-25-38-72(60-63)102-88-47-21-16-42-77(88)82-52-50-80-75-40-14-19-45-86(75)100(94(80)96(82)102)69-33-10-6-11-34-69)58-67(57-65)64-30-26-39-73(61-64)103-89-48-22-17-43-78(89)83-53-51-81-76-41-15-20-46-87(76)101(95(81)97(83)103)70-35-12-7-13-36-70/h2-3,5-61,91-92H,1H3/b27-3-. The molecule has 0 bridgehead atoms. The molecule has 14 aromatic carbocycles. The van der Waals surface area contributed by atoms with Gasteiger partial charge < -0.3 is 27.7 Å². The maximum absolute atomic E-state index is 6.55. The van der Waals surface area contributed by atoms with Crippen LogP contribution in [0.15, 0.2) is 340 Å². The molecule has 482 valence electrons. The SMILES string of the molecule is C#Cc1c(/C=C\C)c2c(n1-c1ccccc1)C1c3ccccc3N(c3cccc(-c4cc(-c5cccc(-n6c7ccccc7c7ccc8c9ccccc9n(-c9ccccc9)c8c76)c5)cc(-c5cccc(-n6c7ccccc7c7ccc8c9ccccc9n(-c9ccccc9)c8c76)c5)c4)c3)C1C=C2. The van der Waals surface area contributed by atoms with Crippen molar-refractivity contribution < 1.29 is 0 Å². The van der Waals surface area contributed by atoms with E-state index in [0.29, 0.717) is 0 Å². The van der Waals surface area contributed by atoms with Crippen LogP contribution in [0.4, 0.5) is 11.4 Å². The molecule has 19 aromatic rings. The van der Waals surface area contributed by atoms with Gasteiger partial charge in [0.25, 0.3) is 0 Å². The molecular weight excluding hydrogens is 1250 g/mol. The van der Waals surface area contributed by atoms with Crippen molar-refractivity contribution in [1.82, 2.24) is 22.8 Å². The largest absolute Gasteiger partial charge is 0.333 e. The van der Waals surface area contributed by atoms with Crippen LogP contribution in [-0.2, 0) is 0 Å². The molecule has 6 heteroatoms. The lowest BCUT2D eigenvalue weighted by Gasteiger charge is -2.32. The van der Waals surface area contributed by atoms with E-state index in [1.807, 2.05) is 0 Å². The maximum Gasteiger partial charge on any atom is 0.104 e. The fourth-order valence-electron chi connectivity index (χ4n) is 17.7. The van der Waals surface area contributed by atoms with E-state index in [2.05, 4.69) is 392 Å². The van der Waals surface area contributed by atoms with Crippen LogP contribution in [0, 0.1) is 12.3 Å². The number of nitrogens with zero attached hydrogens (tertiary/aromatic N) is 6. The lowest BCUT2D eigenvalue weighted by molar-refractivity contribution is 0.688. The number of fused-ring (bicyclic) bond motifs is 19. The molecule has 0 saturated carbocycles. The number of rotatable bonds is 10. The maximum atomic E-state index is 6.55. The van der Waals surface area contributed by atoms with Gasteiger partial charge in [-0.2, -0.15) is 0 Å². The van der Waals surface area contributed by atoms with Crippen LogP contribution < -0.4 is 4.90 Å². The van der Waals surface area contributed by atoms with E-state index in [0.717, 1.165) is 89.8 Å². The van der Waals surface area contributed by atoms with Crippen molar-refractivity contribution in [2.75, 3.05) is 4.90 Å². The van der Waals surface area contributed by atoms with Gasteiger partial charge in [-0.15, -0.1) is 6.42 Å². The first-order valence-corrected chi connectivity index (χ1v) is 35.5. The Labute approximate surface area is 595 Å². The second-order valence-electron chi connectivity index (χ2n) is 27.4. The number of benzene rings is 14. The van der Waals surface area contributed by atoms with Crippen LogP contribution >= 0.6 is 0 Å². The fraction of sp³-hybridized carbons (Fsp3) is 0.0309. The van der Waals surface area contributed by atoms with Crippen molar-refractivity contribution in [2.45, 2.75) is 18.9 Å². The zero-order valence-electron chi connectivity index (χ0n) is 56.4. The van der Waals surface area contributed by atoms with Gasteiger partial charge in [-0.1, -0.05) is 236 Å². The van der Waals surface area contributed by atoms with Crippen molar-refractivity contribution in [1.29, 1.82) is 0 Å². The van der Waals surface area contributed by atoms with E-state index in [4.69, 9.17) is 6.42 Å². The predicted octanol–water partition coefficient (Wildman–Crippen LogP) is 24.6. The minimum atomic E-state index is -0.0407. The van der Waals surface area contributed by atoms with Gasteiger partial charge in [-0.25, -0.2) is 0 Å². The van der Waals surface area contributed by atoms with Crippen LogP contribution in [0.2, 0.25) is 0 Å². The van der Waals surface area contributed by atoms with E-state index >= 15 is 0 Å². The van der Waals surface area contributed by atoms with Crippen molar-refractivity contribution >= 4 is 111 Å². The van der Waals surface area contributed by atoms with Gasteiger partial charge in [0.15, 0.2) is 0 Å². The first-order chi connectivity index (χ1) is 51.1. The fourth-order valence-corrected chi connectivity index (χ4v) is 17.7. The highest BCUT2D eigenvalue weighted by Crippen LogP contribution is 2.54. The van der Waals surface area contributed by atoms with Crippen LogP contribution in [0.5, 0.6) is 0 Å². The third-order valence-corrected chi connectivity index (χ3v) is 21.9. The Morgan fingerprint density at radius 3 is 1.11 bits per heavy atom. The Kier molecular flexibility index (Phi) is 13.0. The van der Waals surface area contributed by atoms with Crippen LogP contribution in [-0.4, -0.2) is 28.9 Å². The molecule has 0 spiro atoms. The molecule has 103 heavy (non-hydrogen) atoms. The number of anilines is 2. The van der Waals surface area contributed by atoms with Crippen molar-refractivity contribution in [3.63, 3.8) is 0 Å². The monoisotopic (exact) mass is 1310 g/mol. The number of para-hydroxylation sites is 8. The first-order valence-electron chi connectivity index (χ1n) is 35.5. The molecule has 2 atom stereocenters. The topological polar surface area (TPSA) is 27.9 Å². The number of allylic oxidation sites excluding steroid dienone is 1. The smallest absolute Gasteiger partial charge is 0.104 e. The Morgan fingerprint density at radius 2 is 0.680 bits per heavy atom. The van der Waals surface area contributed by atoms with Crippen molar-refractivity contribution in [3.8, 4) is 74.2 Å². The van der Waals surface area contributed by atoms with E-state index in [9.17, 15) is 0 Å². The summed E-state index contributed by atoms with van der Waals surface area (Å²) in [4.78, 5) is 2.56. The summed E-state index contributed by atoms with van der Waals surface area (Å²) in [5.41, 5.74) is 29.4. The highest BCUT2D eigenvalue weighted by Gasteiger charge is 2.44. The Morgan fingerprint density at radius 1 is 0.320 bits per heavy atom. The predicted molar refractivity (Wildman–Crippen MR) is 432 cm³/mol. The molecule has 5 aromatic heterocycles.